The molecule has 0 bridgehead atoms. The first kappa shape index (κ1) is 23.2. The fourth-order valence-corrected chi connectivity index (χ4v) is 2.08. The van der Waals surface area contributed by atoms with E-state index in [0.717, 1.165) is 37.5 Å². The van der Waals surface area contributed by atoms with E-state index in [-0.39, 0.29) is 24.0 Å². The lowest BCUT2D eigenvalue weighted by Crippen LogP contribution is -2.39. The smallest absolute Gasteiger partial charge is 0.411 e. The molecule has 2 N–H and O–H groups in total. The zero-order valence-electron chi connectivity index (χ0n) is 15.2. The molecule has 0 saturated heterocycles. The van der Waals surface area contributed by atoms with Crippen LogP contribution in [0.25, 0.3) is 0 Å². The van der Waals surface area contributed by atoms with Gasteiger partial charge < -0.3 is 15.0 Å². The van der Waals surface area contributed by atoms with Crippen molar-refractivity contribution >= 4 is 41.7 Å². The van der Waals surface area contributed by atoms with Gasteiger partial charge in [-0.2, -0.15) is 0 Å². The maximum atomic E-state index is 11.2. The van der Waals surface area contributed by atoms with Crippen molar-refractivity contribution in [3.8, 4) is 0 Å². The van der Waals surface area contributed by atoms with Crippen LogP contribution in [0.3, 0.4) is 0 Å². The molecule has 0 fully saturated rings. The van der Waals surface area contributed by atoms with Crippen molar-refractivity contribution in [2.75, 3.05) is 32.6 Å². The second-order valence-electron chi connectivity index (χ2n) is 5.34. The number of nitrogens with zero attached hydrogens (tertiary/aromatic N) is 2. The molecule has 140 valence electrons. The van der Waals surface area contributed by atoms with E-state index in [0.29, 0.717) is 12.2 Å². The number of halogens is 1. The number of unbranched alkanes of at least 4 members (excludes halogenated alkanes) is 1. The van der Waals surface area contributed by atoms with Crippen LogP contribution in [-0.2, 0) is 11.3 Å². The summed E-state index contributed by atoms with van der Waals surface area (Å²) in [6, 6.07) is 7.55. The summed E-state index contributed by atoms with van der Waals surface area (Å²) in [6.07, 6.45) is 3.51. The number of rotatable bonds is 8. The zero-order chi connectivity index (χ0) is 17.8. The van der Waals surface area contributed by atoms with Crippen LogP contribution >= 0.6 is 24.0 Å². The number of nitrogens with one attached hydrogen (secondary N) is 2. The summed E-state index contributed by atoms with van der Waals surface area (Å²) in [5.74, 6) is 0.887. The lowest BCUT2D eigenvalue weighted by atomic mass is 10.2. The van der Waals surface area contributed by atoms with Gasteiger partial charge in [-0.1, -0.05) is 18.2 Å². The number of hydrogen-bond acceptors (Lipinski definition) is 3. The van der Waals surface area contributed by atoms with Crippen LogP contribution in [0.2, 0.25) is 0 Å². The van der Waals surface area contributed by atoms with Gasteiger partial charge in [-0.25, -0.2) is 9.79 Å². The Kier molecular flexibility index (Phi) is 12.6. The average molecular weight is 460 g/mol. The second-order valence-corrected chi connectivity index (χ2v) is 5.34. The minimum Gasteiger partial charge on any atom is -0.453 e. The Hall–Kier alpha value is -1.77. The minimum absolute atomic E-state index is 0. The van der Waals surface area contributed by atoms with Gasteiger partial charge in [-0.05, 0) is 37.5 Å². The largest absolute Gasteiger partial charge is 0.453 e. The Morgan fingerprint density at radius 3 is 2.60 bits per heavy atom. The highest BCUT2D eigenvalue weighted by molar-refractivity contribution is 14.0. The molecule has 0 atom stereocenters. The summed E-state index contributed by atoms with van der Waals surface area (Å²) in [4.78, 5) is 17.9. The highest BCUT2D eigenvalue weighted by Gasteiger charge is 2.05. The standard InChI is InChI=1S/C18H28N4O2.HI/c1-5-7-8-13-22(3)17(19-6-2)20-14-15-9-11-16(12-10-15)21-18(23)24-4;/h5,9-12H,1,6-8,13-14H2,2-4H3,(H,19,20)(H,21,23);1H. The minimum atomic E-state index is -0.476. The summed E-state index contributed by atoms with van der Waals surface area (Å²) < 4.78 is 4.57. The fraction of sp³-hybridized carbons (Fsp3) is 0.444. The Bertz CT molecular complexity index is 547. The molecule has 0 spiro atoms. The van der Waals surface area contributed by atoms with Crippen LogP contribution in [0.15, 0.2) is 41.9 Å². The number of benzene rings is 1. The van der Waals surface area contributed by atoms with E-state index in [9.17, 15) is 4.79 Å². The number of guanidine groups is 1. The lowest BCUT2D eigenvalue weighted by molar-refractivity contribution is 0.187. The first-order chi connectivity index (χ1) is 11.6. The Balaban J connectivity index is 0.00000576. The maximum Gasteiger partial charge on any atom is 0.411 e. The van der Waals surface area contributed by atoms with Gasteiger partial charge in [0.25, 0.3) is 0 Å². The van der Waals surface area contributed by atoms with Gasteiger partial charge in [0.15, 0.2) is 5.96 Å². The predicted molar refractivity (Wildman–Crippen MR) is 115 cm³/mol. The molecule has 0 aromatic heterocycles. The topological polar surface area (TPSA) is 66.0 Å². The second kappa shape index (κ2) is 13.5. The van der Waals surface area contributed by atoms with Crippen molar-refractivity contribution in [3.05, 3.63) is 42.5 Å². The van der Waals surface area contributed by atoms with Gasteiger partial charge in [0.2, 0.25) is 0 Å². The highest BCUT2D eigenvalue weighted by atomic mass is 127. The van der Waals surface area contributed by atoms with E-state index < -0.39 is 6.09 Å². The Morgan fingerprint density at radius 1 is 1.36 bits per heavy atom. The summed E-state index contributed by atoms with van der Waals surface area (Å²) in [6.45, 7) is 8.14. The molecule has 1 aromatic carbocycles. The van der Waals surface area contributed by atoms with Crippen LogP contribution in [-0.4, -0.2) is 44.2 Å². The number of allylic oxidation sites excluding steroid dienone is 1. The molecule has 7 heteroatoms. The molecule has 0 aliphatic rings. The quantitative estimate of drug-likeness (QED) is 0.203. The fourth-order valence-electron chi connectivity index (χ4n) is 2.08. The van der Waals surface area contributed by atoms with Gasteiger partial charge in [0.05, 0.1) is 13.7 Å². The van der Waals surface area contributed by atoms with Crippen LogP contribution in [0.5, 0.6) is 0 Å². The van der Waals surface area contributed by atoms with Crippen molar-refractivity contribution in [1.82, 2.24) is 10.2 Å². The maximum absolute atomic E-state index is 11.2. The van der Waals surface area contributed by atoms with E-state index in [2.05, 4.69) is 38.8 Å². The molecule has 0 heterocycles. The van der Waals surface area contributed by atoms with E-state index in [1.165, 1.54) is 7.11 Å². The van der Waals surface area contributed by atoms with E-state index in [4.69, 9.17) is 0 Å². The van der Waals surface area contributed by atoms with Crippen LogP contribution in [0.4, 0.5) is 10.5 Å². The van der Waals surface area contributed by atoms with Gasteiger partial charge in [-0.3, -0.25) is 5.32 Å². The molecule has 6 nitrogen and oxygen atoms in total. The number of carbonyl (C=O) groups is 1. The molecule has 0 unspecified atom stereocenters. The number of aliphatic imine (C=N–C) groups is 1. The lowest BCUT2D eigenvalue weighted by Gasteiger charge is -2.21. The average Bonchev–Trinajstić information content (AvgIpc) is 2.59. The number of amides is 1. The molecule has 0 saturated carbocycles. The van der Waals surface area contributed by atoms with Crippen LogP contribution < -0.4 is 10.6 Å². The van der Waals surface area contributed by atoms with Crippen molar-refractivity contribution in [3.63, 3.8) is 0 Å². The molecule has 1 rings (SSSR count). The molecular weight excluding hydrogens is 431 g/mol. The summed E-state index contributed by atoms with van der Waals surface area (Å²) in [5, 5.41) is 5.93. The third-order valence-electron chi connectivity index (χ3n) is 3.40. The number of hydrogen-bond donors (Lipinski definition) is 2. The van der Waals surface area contributed by atoms with Crippen molar-refractivity contribution < 1.29 is 9.53 Å². The van der Waals surface area contributed by atoms with E-state index in [1.54, 1.807) is 0 Å². The number of carbonyl (C=O) groups excluding carboxylic acids is 1. The predicted octanol–water partition coefficient (Wildman–Crippen LogP) is 3.85. The first-order valence-corrected chi connectivity index (χ1v) is 8.15. The van der Waals surface area contributed by atoms with Crippen LogP contribution in [0, 0.1) is 0 Å². The molecule has 0 radical (unpaired) electrons. The molecule has 1 amide bonds. The monoisotopic (exact) mass is 460 g/mol. The number of ether oxygens (including phenoxy) is 1. The normalized spacial score (nSPS) is 10.4. The van der Waals surface area contributed by atoms with Crippen molar-refractivity contribution in [2.24, 2.45) is 4.99 Å². The Labute approximate surface area is 167 Å². The molecule has 0 aliphatic heterocycles. The molecule has 0 aliphatic carbocycles. The molecule has 25 heavy (non-hydrogen) atoms. The zero-order valence-corrected chi connectivity index (χ0v) is 17.6. The third-order valence-corrected chi connectivity index (χ3v) is 3.40. The van der Waals surface area contributed by atoms with Crippen molar-refractivity contribution in [2.45, 2.75) is 26.3 Å². The summed E-state index contributed by atoms with van der Waals surface area (Å²) in [7, 11) is 3.38. The van der Waals surface area contributed by atoms with E-state index >= 15 is 0 Å². The summed E-state index contributed by atoms with van der Waals surface area (Å²) in [5.41, 5.74) is 1.77. The van der Waals surface area contributed by atoms with Gasteiger partial charge in [-0.15, -0.1) is 30.6 Å². The van der Waals surface area contributed by atoms with Gasteiger partial charge >= 0.3 is 6.09 Å². The van der Waals surface area contributed by atoms with Gasteiger partial charge in [0.1, 0.15) is 0 Å². The molecule has 1 aromatic rings. The highest BCUT2D eigenvalue weighted by Crippen LogP contribution is 2.11. The third kappa shape index (κ3) is 9.33. The van der Waals surface area contributed by atoms with Crippen LogP contribution in [0.1, 0.15) is 25.3 Å². The molecular formula is C18H29IN4O2. The summed E-state index contributed by atoms with van der Waals surface area (Å²) >= 11 is 0. The SMILES string of the molecule is C=CCCCN(C)C(=NCc1ccc(NC(=O)OC)cc1)NCC.I. The Morgan fingerprint density at radius 2 is 2.04 bits per heavy atom. The van der Waals surface area contributed by atoms with Crippen molar-refractivity contribution in [1.29, 1.82) is 0 Å². The number of anilines is 1. The first-order valence-electron chi connectivity index (χ1n) is 8.15. The van der Waals surface area contributed by atoms with E-state index in [1.807, 2.05) is 37.4 Å². The number of methoxy groups -OCH3 is 1. The van der Waals surface area contributed by atoms with Gasteiger partial charge in [0, 0.05) is 25.8 Å².